The molecule has 0 heterocycles. The van der Waals surface area contributed by atoms with Crippen LogP contribution in [-0.4, -0.2) is 25.2 Å². The highest BCUT2D eigenvalue weighted by atomic mass is 16.6. The third-order valence-electron chi connectivity index (χ3n) is 2.50. The zero-order chi connectivity index (χ0) is 13.3. The van der Waals surface area contributed by atoms with Crippen LogP contribution in [0.15, 0.2) is 12.2 Å². The molecular weight excluding hydrogens is 220 g/mol. The van der Waals surface area contributed by atoms with Gasteiger partial charge < -0.3 is 9.47 Å². The zero-order valence-electron chi connectivity index (χ0n) is 11.1. The normalized spacial score (nSPS) is 11.5. The number of hydrogen-bond donors (Lipinski definition) is 0. The average Bonchev–Trinajstić information content (AvgIpc) is 2.29. The van der Waals surface area contributed by atoms with Gasteiger partial charge in [0.25, 0.3) is 0 Å². The van der Waals surface area contributed by atoms with Gasteiger partial charge in [-0.2, -0.15) is 0 Å². The van der Waals surface area contributed by atoms with Gasteiger partial charge in [-0.15, -0.1) is 0 Å². The molecule has 0 radical (unpaired) electrons. The van der Waals surface area contributed by atoms with Crippen LogP contribution >= 0.6 is 0 Å². The lowest BCUT2D eigenvalue weighted by Gasteiger charge is -2.24. The summed E-state index contributed by atoms with van der Waals surface area (Å²) in [7, 11) is 0. The Morgan fingerprint density at radius 2 is 1.59 bits per heavy atom. The van der Waals surface area contributed by atoms with Crippen molar-refractivity contribution in [3.63, 3.8) is 0 Å². The van der Waals surface area contributed by atoms with Crippen LogP contribution in [0.1, 0.15) is 40.5 Å². The highest BCUT2D eigenvalue weighted by Crippen LogP contribution is 2.27. The smallest absolute Gasteiger partial charge is 0.323 e. The Labute approximate surface area is 103 Å². The highest BCUT2D eigenvalue weighted by Gasteiger charge is 2.43. The van der Waals surface area contributed by atoms with E-state index in [4.69, 9.17) is 9.47 Å². The number of carbonyl (C=O) groups is 2. The number of esters is 2. The molecular formula is C13H22O4. The number of allylic oxidation sites excluding steroid dienone is 2. The average molecular weight is 242 g/mol. The number of carbonyl (C=O) groups excluding carboxylic acids is 2. The molecule has 0 unspecified atom stereocenters. The van der Waals surface area contributed by atoms with Crippen molar-refractivity contribution in [3.8, 4) is 0 Å². The molecule has 0 aromatic rings. The Morgan fingerprint density at radius 3 is 1.94 bits per heavy atom. The second-order valence-electron chi connectivity index (χ2n) is 3.88. The summed E-state index contributed by atoms with van der Waals surface area (Å²) in [6.07, 6.45) is 4.84. The van der Waals surface area contributed by atoms with Crippen LogP contribution in [0.25, 0.3) is 0 Å². The van der Waals surface area contributed by atoms with Crippen LogP contribution in [0.5, 0.6) is 0 Å². The van der Waals surface area contributed by atoms with E-state index in [1.54, 1.807) is 20.8 Å². The van der Waals surface area contributed by atoms with E-state index in [1.165, 1.54) is 0 Å². The monoisotopic (exact) mass is 242 g/mol. The number of rotatable bonds is 7. The van der Waals surface area contributed by atoms with Gasteiger partial charge in [-0.1, -0.05) is 12.2 Å². The van der Waals surface area contributed by atoms with Crippen molar-refractivity contribution in [3.05, 3.63) is 12.2 Å². The number of hydrogen-bond acceptors (Lipinski definition) is 4. The summed E-state index contributed by atoms with van der Waals surface area (Å²) >= 11 is 0. The van der Waals surface area contributed by atoms with Crippen molar-refractivity contribution in [2.45, 2.75) is 40.5 Å². The molecule has 0 aliphatic carbocycles. The maximum atomic E-state index is 11.8. The Hall–Kier alpha value is -1.32. The molecule has 0 N–H and O–H groups in total. The van der Waals surface area contributed by atoms with Gasteiger partial charge in [-0.25, -0.2) is 0 Å². The Morgan fingerprint density at radius 1 is 1.12 bits per heavy atom. The van der Waals surface area contributed by atoms with E-state index >= 15 is 0 Å². The van der Waals surface area contributed by atoms with E-state index in [2.05, 4.69) is 0 Å². The van der Waals surface area contributed by atoms with Crippen LogP contribution in [0, 0.1) is 5.41 Å². The molecule has 98 valence electrons. The first kappa shape index (κ1) is 15.7. The molecule has 0 aliphatic rings. The van der Waals surface area contributed by atoms with Crippen LogP contribution in [0.4, 0.5) is 0 Å². The van der Waals surface area contributed by atoms with Crippen LogP contribution in [0.2, 0.25) is 0 Å². The topological polar surface area (TPSA) is 52.6 Å². The van der Waals surface area contributed by atoms with Gasteiger partial charge in [-0.05, 0) is 40.5 Å². The molecule has 0 bridgehead atoms. The van der Waals surface area contributed by atoms with E-state index in [9.17, 15) is 9.59 Å². The van der Waals surface area contributed by atoms with Crippen molar-refractivity contribution in [2.24, 2.45) is 5.41 Å². The summed E-state index contributed by atoms with van der Waals surface area (Å²) in [5, 5.41) is 0. The van der Waals surface area contributed by atoms with Gasteiger partial charge in [0.05, 0.1) is 13.2 Å². The van der Waals surface area contributed by atoms with Gasteiger partial charge in [-0.3, -0.25) is 9.59 Å². The third-order valence-corrected chi connectivity index (χ3v) is 2.50. The molecule has 0 aliphatic heterocycles. The molecule has 0 saturated carbocycles. The molecule has 0 fully saturated rings. The van der Waals surface area contributed by atoms with Crippen LogP contribution in [-0.2, 0) is 19.1 Å². The molecule has 0 spiro atoms. The minimum absolute atomic E-state index is 0.261. The van der Waals surface area contributed by atoms with Gasteiger partial charge in [0.2, 0.25) is 0 Å². The molecule has 0 rings (SSSR count). The minimum Gasteiger partial charge on any atom is -0.465 e. The van der Waals surface area contributed by atoms with E-state index in [-0.39, 0.29) is 13.2 Å². The molecule has 17 heavy (non-hydrogen) atoms. The van der Waals surface area contributed by atoms with Crippen molar-refractivity contribution in [2.75, 3.05) is 13.2 Å². The first-order chi connectivity index (χ1) is 8.02. The zero-order valence-corrected chi connectivity index (χ0v) is 11.1. The van der Waals surface area contributed by atoms with Crippen LogP contribution in [0.3, 0.4) is 0 Å². The van der Waals surface area contributed by atoms with Crippen LogP contribution < -0.4 is 0 Å². The second-order valence-corrected chi connectivity index (χ2v) is 3.88. The Bertz CT molecular complexity index is 263. The van der Waals surface area contributed by atoms with Crippen molar-refractivity contribution >= 4 is 11.9 Å². The van der Waals surface area contributed by atoms with Crippen molar-refractivity contribution in [1.82, 2.24) is 0 Å². The highest BCUT2D eigenvalue weighted by molar-refractivity contribution is 5.99. The number of ether oxygens (including phenoxy) is 2. The maximum Gasteiger partial charge on any atom is 0.323 e. The molecule has 4 nitrogen and oxygen atoms in total. The predicted octanol–water partition coefficient (Wildman–Crippen LogP) is 2.48. The molecule has 0 aromatic heterocycles. The fraction of sp³-hybridized carbons (Fsp3) is 0.692. The predicted molar refractivity (Wildman–Crippen MR) is 65.4 cm³/mol. The summed E-state index contributed by atoms with van der Waals surface area (Å²) < 4.78 is 9.88. The summed E-state index contributed by atoms with van der Waals surface area (Å²) in [4.78, 5) is 23.7. The van der Waals surface area contributed by atoms with E-state index < -0.39 is 17.4 Å². The summed E-state index contributed by atoms with van der Waals surface area (Å²) in [5.74, 6) is -1.02. The molecule has 4 heteroatoms. The van der Waals surface area contributed by atoms with E-state index in [0.717, 1.165) is 0 Å². The summed E-state index contributed by atoms with van der Waals surface area (Å²) in [6, 6.07) is 0. The second kappa shape index (κ2) is 7.87. The van der Waals surface area contributed by atoms with Gasteiger partial charge in [0.1, 0.15) is 0 Å². The van der Waals surface area contributed by atoms with Crippen molar-refractivity contribution < 1.29 is 19.1 Å². The Balaban J connectivity index is 4.78. The molecule has 0 saturated heterocycles. The van der Waals surface area contributed by atoms with Gasteiger partial charge in [0, 0.05) is 0 Å². The lowest BCUT2D eigenvalue weighted by molar-refractivity contribution is -0.171. The Kier molecular flexibility index (Phi) is 7.26. The fourth-order valence-electron chi connectivity index (χ4n) is 1.41. The first-order valence-corrected chi connectivity index (χ1v) is 5.98. The van der Waals surface area contributed by atoms with E-state index in [1.807, 2.05) is 19.1 Å². The molecule has 0 aromatic carbocycles. The largest absolute Gasteiger partial charge is 0.465 e. The summed E-state index contributed by atoms with van der Waals surface area (Å²) in [5.41, 5.74) is -1.20. The summed E-state index contributed by atoms with van der Waals surface area (Å²) in [6.45, 7) is 7.43. The lowest BCUT2D eigenvalue weighted by Crippen LogP contribution is -2.39. The first-order valence-electron chi connectivity index (χ1n) is 5.98. The van der Waals surface area contributed by atoms with E-state index in [0.29, 0.717) is 12.8 Å². The molecule has 0 amide bonds. The van der Waals surface area contributed by atoms with Gasteiger partial charge in [0.15, 0.2) is 5.41 Å². The van der Waals surface area contributed by atoms with Crippen molar-refractivity contribution in [1.29, 1.82) is 0 Å². The molecule has 0 atom stereocenters. The minimum atomic E-state index is -1.20. The standard InChI is InChI=1S/C13H22O4/c1-5-8-9-10-13(4,11(14)16-6-2)12(15)17-7-3/h5,8H,6-7,9-10H2,1-4H3/b8-5+. The lowest BCUT2D eigenvalue weighted by atomic mass is 9.85. The third kappa shape index (κ3) is 4.59. The maximum absolute atomic E-state index is 11.8. The quantitative estimate of drug-likeness (QED) is 0.391. The van der Waals surface area contributed by atoms with Gasteiger partial charge >= 0.3 is 11.9 Å². The SMILES string of the molecule is C/C=C/CCC(C)(C(=O)OCC)C(=O)OCC. The fourth-order valence-corrected chi connectivity index (χ4v) is 1.41.